The highest BCUT2D eigenvalue weighted by atomic mass is 35.5. The lowest BCUT2D eigenvalue weighted by Gasteiger charge is -2.40. The van der Waals surface area contributed by atoms with Gasteiger partial charge in [0.15, 0.2) is 0 Å². The third-order valence-corrected chi connectivity index (χ3v) is 7.41. The van der Waals surface area contributed by atoms with Crippen molar-refractivity contribution < 1.29 is 5.11 Å². The van der Waals surface area contributed by atoms with Gasteiger partial charge in [0, 0.05) is 30.8 Å². The molecule has 1 saturated carbocycles. The number of aliphatic hydroxyl groups is 1. The van der Waals surface area contributed by atoms with E-state index in [9.17, 15) is 5.11 Å². The minimum atomic E-state index is 0.323. The molecule has 1 unspecified atom stereocenters. The molecule has 2 aliphatic rings. The van der Waals surface area contributed by atoms with Gasteiger partial charge in [0.25, 0.3) is 0 Å². The Morgan fingerprint density at radius 2 is 2.04 bits per heavy atom. The van der Waals surface area contributed by atoms with Gasteiger partial charge in [-0.25, -0.2) is 15.0 Å². The van der Waals surface area contributed by atoms with Gasteiger partial charge in [0.05, 0.1) is 17.4 Å². The number of nitrogen functional groups attached to an aromatic ring is 1. The molecule has 6 nitrogen and oxygen atoms in total. The van der Waals surface area contributed by atoms with E-state index in [1.54, 1.807) is 12.4 Å². The Morgan fingerprint density at radius 1 is 1.22 bits per heavy atom. The van der Waals surface area contributed by atoms with Crippen LogP contribution in [0.2, 0.25) is 5.02 Å². The van der Waals surface area contributed by atoms with Crippen LogP contribution < -0.4 is 10.6 Å². The summed E-state index contributed by atoms with van der Waals surface area (Å²) in [6.45, 7) is 2.35. The van der Waals surface area contributed by atoms with Crippen LogP contribution in [0.25, 0.3) is 0 Å². The Hall–Kier alpha value is -1.57. The molecule has 0 aromatic carbocycles. The fraction of sp³-hybridized carbons (Fsp3) is 0.526. The van der Waals surface area contributed by atoms with Crippen molar-refractivity contribution in [2.45, 2.75) is 42.0 Å². The normalized spacial score (nSPS) is 21.7. The van der Waals surface area contributed by atoms with E-state index in [2.05, 4.69) is 19.9 Å². The smallest absolute Gasteiger partial charge is 0.147 e. The molecule has 2 aromatic rings. The molecule has 144 valence electrons. The predicted octanol–water partition coefficient (Wildman–Crippen LogP) is 3.64. The summed E-state index contributed by atoms with van der Waals surface area (Å²) in [5.41, 5.74) is 6.19. The predicted molar refractivity (Wildman–Crippen MR) is 108 cm³/mol. The van der Waals surface area contributed by atoms with Crippen LogP contribution in [0.5, 0.6) is 0 Å². The van der Waals surface area contributed by atoms with E-state index in [0.29, 0.717) is 28.8 Å². The van der Waals surface area contributed by atoms with Crippen molar-refractivity contribution in [3.63, 3.8) is 0 Å². The van der Waals surface area contributed by atoms with Crippen LogP contribution in [0, 0.1) is 11.3 Å². The van der Waals surface area contributed by atoms with Crippen LogP contribution >= 0.6 is 23.4 Å². The van der Waals surface area contributed by atoms with Crippen molar-refractivity contribution in [1.29, 1.82) is 0 Å². The fourth-order valence-electron chi connectivity index (χ4n) is 4.31. The summed E-state index contributed by atoms with van der Waals surface area (Å²) < 4.78 is 0. The van der Waals surface area contributed by atoms with Gasteiger partial charge in [-0.1, -0.05) is 23.4 Å². The van der Waals surface area contributed by atoms with Crippen LogP contribution in [-0.4, -0.2) is 39.8 Å². The zero-order valence-electron chi connectivity index (χ0n) is 15.1. The van der Waals surface area contributed by atoms with Crippen LogP contribution in [0.1, 0.15) is 32.1 Å². The number of anilines is 2. The first-order chi connectivity index (χ1) is 13.1. The molecule has 27 heavy (non-hydrogen) atoms. The van der Waals surface area contributed by atoms with Crippen LogP contribution in [0.4, 0.5) is 11.6 Å². The lowest BCUT2D eigenvalue weighted by molar-refractivity contribution is 0.184. The van der Waals surface area contributed by atoms with E-state index in [-0.39, 0.29) is 0 Å². The second-order valence-corrected chi connectivity index (χ2v) is 9.04. The average Bonchev–Trinajstić information content (AvgIpc) is 3.10. The minimum Gasteiger partial charge on any atom is -0.396 e. The molecule has 4 rings (SSSR count). The number of rotatable bonds is 4. The maximum Gasteiger partial charge on any atom is 0.147 e. The third kappa shape index (κ3) is 4.00. The first kappa shape index (κ1) is 18.8. The minimum absolute atomic E-state index is 0.323. The highest BCUT2D eigenvalue weighted by molar-refractivity contribution is 7.99. The summed E-state index contributed by atoms with van der Waals surface area (Å²) >= 11 is 7.63. The summed E-state index contributed by atoms with van der Waals surface area (Å²) in [5, 5.41) is 10.7. The summed E-state index contributed by atoms with van der Waals surface area (Å²) in [6.07, 6.45) is 11.2. The van der Waals surface area contributed by atoms with Gasteiger partial charge < -0.3 is 15.7 Å². The van der Waals surface area contributed by atoms with Crippen LogP contribution in [0.15, 0.2) is 34.6 Å². The van der Waals surface area contributed by atoms with Gasteiger partial charge in [-0.15, -0.1) is 0 Å². The zero-order valence-corrected chi connectivity index (χ0v) is 16.7. The molecule has 1 atom stereocenters. The van der Waals surface area contributed by atoms with Crippen molar-refractivity contribution in [3.05, 3.63) is 29.7 Å². The standard InChI is InChI=1S/C19H24ClN5OS/c20-17-14(2-6-22-18(17)21)27-16-11-23-15(10-24-16)25-7-4-19(5-8-25)3-1-13(9-19)12-26/h2,6,10-11,13,26H,1,3-5,7-9,12H2,(H2,21,22). The van der Waals surface area contributed by atoms with Crippen molar-refractivity contribution in [3.8, 4) is 0 Å². The molecular weight excluding hydrogens is 382 g/mol. The molecule has 3 heterocycles. The van der Waals surface area contributed by atoms with E-state index >= 15 is 0 Å². The van der Waals surface area contributed by atoms with Crippen LogP contribution in [-0.2, 0) is 0 Å². The van der Waals surface area contributed by atoms with Gasteiger partial charge in [0.1, 0.15) is 16.7 Å². The van der Waals surface area contributed by atoms with Crippen molar-refractivity contribution in [2.75, 3.05) is 30.3 Å². The van der Waals surface area contributed by atoms with E-state index in [1.807, 2.05) is 12.3 Å². The number of nitrogens with two attached hydrogens (primary N) is 1. The lowest BCUT2D eigenvalue weighted by atomic mass is 9.76. The molecule has 3 N–H and O–H groups in total. The fourth-order valence-corrected chi connectivity index (χ4v) is 5.29. The molecule has 1 saturated heterocycles. The number of aromatic nitrogens is 3. The van der Waals surface area contributed by atoms with Crippen molar-refractivity contribution >= 4 is 35.0 Å². The van der Waals surface area contributed by atoms with Gasteiger partial charge >= 0.3 is 0 Å². The maximum absolute atomic E-state index is 9.42. The Morgan fingerprint density at radius 3 is 2.70 bits per heavy atom. The second kappa shape index (κ2) is 7.81. The number of nitrogens with zero attached hydrogens (tertiary/aromatic N) is 4. The number of piperidine rings is 1. The average molecular weight is 406 g/mol. The molecule has 8 heteroatoms. The first-order valence-electron chi connectivity index (χ1n) is 9.34. The highest BCUT2D eigenvalue weighted by Gasteiger charge is 2.41. The molecular formula is C19H24ClN5OS. The number of aliphatic hydroxyl groups excluding tert-OH is 1. The first-order valence-corrected chi connectivity index (χ1v) is 10.5. The Balaban J connectivity index is 1.38. The molecule has 1 aliphatic carbocycles. The summed E-state index contributed by atoms with van der Waals surface area (Å²) in [5.74, 6) is 1.75. The SMILES string of the molecule is Nc1nccc(Sc2cnc(N3CCC4(CCC(CO)C4)CC3)cn2)c1Cl. The lowest BCUT2D eigenvalue weighted by Crippen LogP contribution is -2.39. The van der Waals surface area contributed by atoms with Crippen LogP contribution in [0.3, 0.4) is 0 Å². The van der Waals surface area contributed by atoms with Gasteiger partial charge in [0.2, 0.25) is 0 Å². The number of halogens is 1. The van der Waals surface area contributed by atoms with E-state index < -0.39 is 0 Å². The van der Waals surface area contributed by atoms with E-state index in [0.717, 1.165) is 28.8 Å². The molecule has 1 spiro atoms. The second-order valence-electron chi connectivity index (χ2n) is 7.60. The summed E-state index contributed by atoms with van der Waals surface area (Å²) in [7, 11) is 0. The van der Waals surface area contributed by atoms with Crippen molar-refractivity contribution in [1.82, 2.24) is 15.0 Å². The Labute approximate surface area is 168 Å². The number of pyridine rings is 1. The topological polar surface area (TPSA) is 88.2 Å². The monoisotopic (exact) mass is 405 g/mol. The quantitative estimate of drug-likeness (QED) is 0.802. The largest absolute Gasteiger partial charge is 0.396 e. The molecule has 0 bridgehead atoms. The van der Waals surface area contributed by atoms with Crippen molar-refractivity contribution in [2.24, 2.45) is 11.3 Å². The summed E-state index contributed by atoms with van der Waals surface area (Å²) in [4.78, 5) is 16.3. The third-order valence-electron chi connectivity index (χ3n) is 5.92. The highest BCUT2D eigenvalue weighted by Crippen LogP contribution is 2.49. The molecule has 0 radical (unpaired) electrons. The Bertz CT molecular complexity index is 795. The van der Waals surface area contributed by atoms with Gasteiger partial charge in [-0.2, -0.15) is 0 Å². The molecule has 1 aliphatic heterocycles. The molecule has 2 fully saturated rings. The molecule has 0 amide bonds. The van der Waals surface area contributed by atoms with E-state index in [4.69, 9.17) is 17.3 Å². The summed E-state index contributed by atoms with van der Waals surface area (Å²) in [6, 6.07) is 1.82. The maximum atomic E-state index is 9.42. The zero-order chi connectivity index (χ0) is 18.9. The van der Waals surface area contributed by atoms with E-state index in [1.165, 1.54) is 43.9 Å². The number of hydrogen-bond acceptors (Lipinski definition) is 7. The Kier molecular flexibility index (Phi) is 5.43. The number of hydrogen-bond donors (Lipinski definition) is 2. The van der Waals surface area contributed by atoms with Gasteiger partial charge in [-0.3, -0.25) is 0 Å². The van der Waals surface area contributed by atoms with Gasteiger partial charge in [-0.05, 0) is 49.5 Å². The molecule has 2 aromatic heterocycles.